The fraction of sp³-hybridized carbons (Fsp3) is 0.513. The van der Waals surface area contributed by atoms with Crippen LogP contribution >= 0.6 is 11.8 Å². The quantitative estimate of drug-likeness (QED) is 0.0953. The van der Waals surface area contributed by atoms with E-state index in [0.717, 1.165) is 5.56 Å². The number of hydrogen-bond acceptors (Lipinski definition) is 9. The van der Waals surface area contributed by atoms with E-state index >= 15 is 0 Å². The zero-order chi connectivity index (χ0) is 40.4. The molecule has 296 valence electrons. The van der Waals surface area contributed by atoms with Crippen LogP contribution in [-0.2, 0) is 39.3 Å². The molecule has 2 rings (SSSR count). The van der Waals surface area contributed by atoms with E-state index in [4.69, 9.17) is 4.74 Å². The summed E-state index contributed by atoms with van der Waals surface area (Å²) in [6.45, 7) is 12.3. The summed E-state index contributed by atoms with van der Waals surface area (Å²) >= 11 is 1.44. The van der Waals surface area contributed by atoms with Gasteiger partial charge in [-0.3, -0.25) is 24.0 Å². The Morgan fingerprint density at radius 1 is 0.778 bits per heavy atom. The van der Waals surface area contributed by atoms with Gasteiger partial charge in [0.2, 0.25) is 23.5 Å². The van der Waals surface area contributed by atoms with Gasteiger partial charge in [0.25, 0.3) is 5.91 Å². The summed E-state index contributed by atoms with van der Waals surface area (Å²) in [5.41, 5.74) is 1.33. The van der Waals surface area contributed by atoms with E-state index in [0.29, 0.717) is 17.7 Å². The molecule has 0 radical (unpaired) electrons. The molecule has 0 saturated heterocycles. The smallest absolute Gasteiger partial charge is 0.407 e. The van der Waals surface area contributed by atoms with Crippen LogP contribution in [0.2, 0.25) is 0 Å². The number of carbonyl (C=O) groups is 7. The first kappa shape index (κ1) is 45.2. The summed E-state index contributed by atoms with van der Waals surface area (Å²) in [7, 11) is 0. The molecule has 0 heterocycles. The molecule has 0 spiro atoms. The van der Waals surface area contributed by atoms with E-state index in [-0.39, 0.29) is 31.3 Å². The topological polar surface area (TPSA) is 209 Å². The average molecular weight is 770 g/mol. The Kier molecular flexibility index (Phi) is 18.7. The summed E-state index contributed by atoms with van der Waals surface area (Å²) in [6.07, 6.45) is -0.128. The summed E-state index contributed by atoms with van der Waals surface area (Å²) in [5.74, 6) is -5.16. The first-order valence-electron chi connectivity index (χ1n) is 18.1. The van der Waals surface area contributed by atoms with Crippen molar-refractivity contribution >= 4 is 53.2 Å². The lowest BCUT2D eigenvalue weighted by atomic mass is 9.98. The Balaban J connectivity index is 2.19. The van der Waals surface area contributed by atoms with Crippen LogP contribution in [0.15, 0.2) is 60.7 Å². The third kappa shape index (κ3) is 15.6. The highest BCUT2D eigenvalue weighted by molar-refractivity contribution is 7.99. The lowest BCUT2D eigenvalue weighted by Gasteiger charge is -2.34. The van der Waals surface area contributed by atoms with Crippen molar-refractivity contribution in [3.05, 3.63) is 71.8 Å². The maximum atomic E-state index is 14.0. The highest BCUT2D eigenvalue weighted by Crippen LogP contribution is 2.32. The number of carboxylic acid groups (broad SMARTS) is 1. The third-order valence-corrected chi connectivity index (χ3v) is 9.55. The van der Waals surface area contributed by atoms with Crippen LogP contribution in [0, 0.1) is 11.8 Å². The molecule has 2 unspecified atom stereocenters. The molecular weight excluding hydrogens is 715 g/mol. The standard InChI is InChI=1S/C39H55N5O9S/c1-8-15-28(32(46)35(48)40-21-30(45)43-31(37(50)51)27-18-13-10-14-19-27)41-34(47)29(20-24(2)3)42-36(49)33(44-38(52)53-22-25(4)5)39(6,7)54-23-26-16-11-9-12-17-26/h9-14,16-19,24-25,28-29,31,33H,8,15,20-23H2,1-7H3,(H,40,48)(H,41,47)(H,42,49)(H,43,45)(H,44,52)(H,50,51)/t28?,29-,31?,33+/m0/s1. The summed E-state index contributed by atoms with van der Waals surface area (Å²) in [6, 6.07) is 12.7. The van der Waals surface area contributed by atoms with Gasteiger partial charge in [-0.25, -0.2) is 9.59 Å². The number of alkyl carbamates (subject to hydrolysis) is 1. The Morgan fingerprint density at radius 2 is 1.37 bits per heavy atom. The number of benzene rings is 2. The Hall–Kier alpha value is -4.92. The number of amides is 5. The van der Waals surface area contributed by atoms with Gasteiger partial charge in [-0.05, 0) is 49.7 Å². The molecule has 2 aromatic carbocycles. The van der Waals surface area contributed by atoms with E-state index in [9.17, 15) is 38.7 Å². The predicted molar refractivity (Wildman–Crippen MR) is 206 cm³/mol. The van der Waals surface area contributed by atoms with Crippen molar-refractivity contribution in [2.24, 2.45) is 11.8 Å². The van der Waals surface area contributed by atoms with Crippen molar-refractivity contribution in [1.29, 1.82) is 0 Å². The van der Waals surface area contributed by atoms with Gasteiger partial charge in [0.1, 0.15) is 12.1 Å². The number of rotatable bonds is 22. The van der Waals surface area contributed by atoms with E-state index in [1.54, 1.807) is 25.1 Å². The van der Waals surface area contributed by atoms with Gasteiger partial charge in [0, 0.05) is 10.5 Å². The molecule has 4 atom stereocenters. The van der Waals surface area contributed by atoms with Crippen LogP contribution in [0.1, 0.15) is 84.9 Å². The molecule has 0 saturated carbocycles. The fourth-order valence-corrected chi connectivity index (χ4v) is 6.29. The van der Waals surface area contributed by atoms with Crippen LogP contribution in [0.3, 0.4) is 0 Å². The minimum absolute atomic E-state index is 0.0598. The molecule has 5 amide bonds. The highest BCUT2D eigenvalue weighted by Gasteiger charge is 2.40. The van der Waals surface area contributed by atoms with Gasteiger partial charge in [-0.2, -0.15) is 0 Å². The van der Waals surface area contributed by atoms with Crippen molar-refractivity contribution in [3.8, 4) is 0 Å². The fourth-order valence-electron chi connectivity index (χ4n) is 5.22. The Bertz CT molecular complexity index is 1570. The average Bonchev–Trinajstić information content (AvgIpc) is 3.12. The normalized spacial score (nSPS) is 13.5. The van der Waals surface area contributed by atoms with E-state index in [1.807, 2.05) is 71.9 Å². The van der Waals surface area contributed by atoms with Crippen molar-refractivity contribution in [2.45, 2.75) is 102 Å². The first-order valence-corrected chi connectivity index (χ1v) is 19.0. The second-order valence-corrected chi connectivity index (χ2v) is 15.9. The molecule has 0 aliphatic rings. The van der Waals surface area contributed by atoms with E-state index in [1.165, 1.54) is 23.9 Å². The zero-order valence-electron chi connectivity index (χ0n) is 32.1. The minimum Gasteiger partial charge on any atom is -0.479 e. The molecule has 0 aliphatic heterocycles. The van der Waals surface area contributed by atoms with Crippen LogP contribution in [0.4, 0.5) is 4.79 Å². The number of hydrogen-bond donors (Lipinski definition) is 6. The van der Waals surface area contributed by atoms with Crippen LogP contribution in [0.25, 0.3) is 0 Å². The summed E-state index contributed by atoms with van der Waals surface area (Å²) in [5, 5.41) is 22.2. The molecular formula is C39H55N5O9S. The van der Waals surface area contributed by atoms with Crippen molar-refractivity contribution in [3.63, 3.8) is 0 Å². The SMILES string of the molecule is CCCC(NC(=O)[C@H](CC(C)C)NC(=O)[C@@H](NC(=O)OCC(C)C)C(C)(C)SCc1ccccc1)C(=O)C(=O)NCC(=O)NC(C(=O)O)c1ccccc1. The summed E-state index contributed by atoms with van der Waals surface area (Å²) in [4.78, 5) is 91.1. The number of Topliss-reactive ketones (excluding diaryl/α,β-unsaturated/α-hetero) is 1. The second-order valence-electron chi connectivity index (χ2n) is 14.3. The van der Waals surface area contributed by atoms with Crippen LogP contribution in [0.5, 0.6) is 0 Å². The highest BCUT2D eigenvalue weighted by atomic mass is 32.2. The van der Waals surface area contributed by atoms with Crippen molar-refractivity contribution in [2.75, 3.05) is 13.2 Å². The Morgan fingerprint density at radius 3 is 1.93 bits per heavy atom. The monoisotopic (exact) mass is 769 g/mol. The van der Waals surface area contributed by atoms with Gasteiger partial charge in [0.05, 0.1) is 19.2 Å². The van der Waals surface area contributed by atoms with Gasteiger partial charge in [0.15, 0.2) is 6.04 Å². The van der Waals surface area contributed by atoms with Crippen molar-refractivity contribution in [1.82, 2.24) is 26.6 Å². The number of ketones is 1. The lowest BCUT2D eigenvalue weighted by molar-refractivity contribution is -0.142. The van der Waals surface area contributed by atoms with E-state index in [2.05, 4.69) is 26.6 Å². The number of nitrogens with one attached hydrogen (secondary N) is 5. The van der Waals surface area contributed by atoms with Gasteiger partial charge < -0.3 is 36.4 Å². The van der Waals surface area contributed by atoms with Crippen LogP contribution in [-0.4, -0.2) is 82.6 Å². The number of carboxylic acids is 1. The lowest BCUT2D eigenvalue weighted by Crippen LogP contribution is -2.61. The number of carbonyl (C=O) groups excluding carboxylic acids is 6. The number of thioether (sulfide) groups is 1. The first-order chi connectivity index (χ1) is 25.4. The molecule has 14 nitrogen and oxygen atoms in total. The molecule has 15 heteroatoms. The largest absolute Gasteiger partial charge is 0.479 e. The maximum absolute atomic E-state index is 14.0. The van der Waals surface area contributed by atoms with Gasteiger partial charge in [-0.1, -0.05) is 102 Å². The summed E-state index contributed by atoms with van der Waals surface area (Å²) < 4.78 is 4.44. The Labute approximate surface area is 321 Å². The van der Waals surface area contributed by atoms with Crippen LogP contribution < -0.4 is 26.6 Å². The molecule has 0 aliphatic carbocycles. The number of ether oxygens (including phenoxy) is 1. The molecule has 0 aromatic heterocycles. The maximum Gasteiger partial charge on any atom is 0.407 e. The molecule has 54 heavy (non-hydrogen) atoms. The molecule has 0 bridgehead atoms. The van der Waals surface area contributed by atoms with E-state index < -0.39 is 76.9 Å². The van der Waals surface area contributed by atoms with Crippen molar-refractivity contribution < 1.29 is 43.4 Å². The third-order valence-electron chi connectivity index (χ3n) is 8.09. The zero-order valence-corrected chi connectivity index (χ0v) is 32.9. The molecule has 0 fully saturated rings. The predicted octanol–water partition coefficient (Wildman–Crippen LogP) is 3.89. The van der Waals surface area contributed by atoms with Gasteiger partial charge in [-0.15, -0.1) is 11.8 Å². The molecule has 6 N–H and O–H groups in total. The molecule has 2 aromatic rings. The second kappa shape index (κ2) is 22.3. The minimum atomic E-state index is -1.37. The number of aliphatic carboxylic acids is 1. The van der Waals surface area contributed by atoms with Gasteiger partial charge >= 0.3 is 12.1 Å².